The van der Waals surface area contributed by atoms with Crippen molar-refractivity contribution in [2.45, 2.75) is 5.88 Å². The molecular weight excluding hydrogens is 272 g/mol. The monoisotopic (exact) mass is 288 g/mol. The summed E-state index contributed by atoms with van der Waals surface area (Å²) in [7, 11) is 0. The highest BCUT2D eigenvalue weighted by Gasteiger charge is 2.19. The molecule has 0 bridgehead atoms. The van der Waals surface area contributed by atoms with E-state index in [1.54, 1.807) is 6.20 Å². The third kappa shape index (κ3) is 2.70. The number of rotatable bonds is 3. The molecule has 1 aliphatic rings. The molecule has 0 unspecified atom stereocenters. The molecule has 4 nitrogen and oxygen atoms in total. The van der Waals surface area contributed by atoms with E-state index in [-0.39, 0.29) is 0 Å². The molecule has 0 atom stereocenters. The molecule has 3 rings (SSSR count). The van der Waals surface area contributed by atoms with Crippen molar-refractivity contribution in [1.82, 2.24) is 9.97 Å². The van der Waals surface area contributed by atoms with Crippen molar-refractivity contribution >= 4 is 23.1 Å². The van der Waals surface area contributed by atoms with Gasteiger partial charge in [0.1, 0.15) is 5.82 Å². The van der Waals surface area contributed by atoms with Crippen molar-refractivity contribution in [3.63, 3.8) is 0 Å². The molecule has 0 spiro atoms. The molecule has 1 fully saturated rings. The summed E-state index contributed by atoms with van der Waals surface area (Å²) in [6.45, 7) is 3.86. The number of nitrogens with zero attached hydrogens (tertiary/aromatic N) is 4. The highest BCUT2D eigenvalue weighted by molar-refractivity contribution is 6.17. The summed E-state index contributed by atoms with van der Waals surface area (Å²) >= 11 is 6.00. The van der Waals surface area contributed by atoms with E-state index in [1.807, 2.05) is 30.6 Å². The fourth-order valence-corrected chi connectivity index (χ4v) is 2.76. The van der Waals surface area contributed by atoms with E-state index in [2.05, 4.69) is 25.8 Å². The first kappa shape index (κ1) is 13.2. The van der Waals surface area contributed by atoms with Gasteiger partial charge in [0, 0.05) is 44.5 Å². The Hall–Kier alpha value is -1.81. The predicted octanol–water partition coefficient (Wildman–Crippen LogP) is 2.54. The third-order valence-corrected chi connectivity index (χ3v) is 3.91. The van der Waals surface area contributed by atoms with Gasteiger partial charge in [-0.15, -0.1) is 11.6 Å². The lowest BCUT2D eigenvalue weighted by molar-refractivity contribution is 0.645. The van der Waals surface area contributed by atoms with Gasteiger partial charge >= 0.3 is 0 Å². The molecule has 0 aliphatic carbocycles. The lowest BCUT2D eigenvalue weighted by atomic mass is 10.2. The molecule has 0 aromatic carbocycles. The summed E-state index contributed by atoms with van der Waals surface area (Å²) in [5.74, 6) is 1.58. The molecule has 104 valence electrons. The van der Waals surface area contributed by atoms with E-state index < -0.39 is 0 Å². The van der Waals surface area contributed by atoms with Crippen molar-refractivity contribution in [2.24, 2.45) is 0 Å². The molecular formula is C15H17ClN4. The Balaban J connectivity index is 1.70. The fraction of sp³-hybridized carbons (Fsp3) is 0.333. The van der Waals surface area contributed by atoms with Crippen LogP contribution in [0.2, 0.25) is 0 Å². The van der Waals surface area contributed by atoms with Crippen molar-refractivity contribution < 1.29 is 0 Å². The zero-order chi connectivity index (χ0) is 13.8. The van der Waals surface area contributed by atoms with Crippen LogP contribution in [0.4, 0.5) is 11.5 Å². The molecule has 0 radical (unpaired) electrons. The van der Waals surface area contributed by atoms with E-state index in [4.69, 9.17) is 11.6 Å². The van der Waals surface area contributed by atoms with E-state index in [0.717, 1.165) is 43.2 Å². The van der Waals surface area contributed by atoms with Crippen LogP contribution >= 0.6 is 11.6 Å². The number of aromatic nitrogens is 2. The summed E-state index contributed by atoms with van der Waals surface area (Å²) in [5, 5.41) is 0. The van der Waals surface area contributed by atoms with Crippen molar-refractivity contribution in [3.05, 3.63) is 48.4 Å². The van der Waals surface area contributed by atoms with Crippen molar-refractivity contribution in [3.8, 4) is 0 Å². The van der Waals surface area contributed by atoms with E-state index in [9.17, 15) is 0 Å². The van der Waals surface area contributed by atoms with Gasteiger partial charge in [-0.25, -0.2) is 4.98 Å². The second-order valence-electron chi connectivity index (χ2n) is 4.80. The highest BCUT2D eigenvalue weighted by atomic mass is 35.5. The maximum Gasteiger partial charge on any atom is 0.128 e. The Morgan fingerprint density at radius 2 is 1.80 bits per heavy atom. The van der Waals surface area contributed by atoms with E-state index in [0.29, 0.717) is 5.88 Å². The maximum absolute atomic E-state index is 6.00. The van der Waals surface area contributed by atoms with Crippen LogP contribution in [-0.4, -0.2) is 36.1 Å². The van der Waals surface area contributed by atoms with Gasteiger partial charge in [-0.05, 0) is 23.8 Å². The molecule has 0 amide bonds. The molecule has 5 heteroatoms. The average molecular weight is 289 g/mol. The average Bonchev–Trinajstić information content (AvgIpc) is 2.56. The summed E-state index contributed by atoms with van der Waals surface area (Å²) in [6.07, 6.45) is 5.55. The minimum absolute atomic E-state index is 0.526. The molecule has 3 heterocycles. The van der Waals surface area contributed by atoms with Crippen LogP contribution in [0.1, 0.15) is 5.56 Å². The molecule has 1 saturated heterocycles. The van der Waals surface area contributed by atoms with Crippen molar-refractivity contribution in [2.75, 3.05) is 36.0 Å². The van der Waals surface area contributed by atoms with E-state index in [1.165, 1.54) is 0 Å². The first-order chi connectivity index (χ1) is 9.88. The maximum atomic E-state index is 6.00. The largest absolute Gasteiger partial charge is 0.366 e. The van der Waals surface area contributed by atoms with Crippen LogP contribution in [-0.2, 0) is 5.88 Å². The lowest BCUT2D eigenvalue weighted by Gasteiger charge is -2.37. The predicted molar refractivity (Wildman–Crippen MR) is 82.5 cm³/mol. The van der Waals surface area contributed by atoms with Gasteiger partial charge < -0.3 is 9.80 Å². The fourth-order valence-electron chi connectivity index (χ4n) is 2.53. The summed E-state index contributed by atoms with van der Waals surface area (Å²) in [4.78, 5) is 13.3. The quantitative estimate of drug-likeness (QED) is 0.813. The summed E-state index contributed by atoms with van der Waals surface area (Å²) in [6, 6.07) is 8.03. The topological polar surface area (TPSA) is 32.3 Å². The van der Waals surface area contributed by atoms with Crippen LogP contribution in [0.15, 0.2) is 42.9 Å². The van der Waals surface area contributed by atoms with Gasteiger partial charge in [0.15, 0.2) is 0 Å². The normalized spacial score (nSPS) is 15.4. The Morgan fingerprint density at radius 3 is 2.50 bits per heavy atom. The second-order valence-corrected chi connectivity index (χ2v) is 5.07. The van der Waals surface area contributed by atoms with Gasteiger partial charge in [-0.2, -0.15) is 0 Å². The van der Waals surface area contributed by atoms with Crippen LogP contribution < -0.4 is 9.80 Å². The number of hydrogen-bond acceptors (Lipinski definition) is 4. The SMILES string of the molecule is ClCc1ccncc1N1CCN(c2ccccn2)CC1. The third-order valence-electron chi connectivity index (χ3n) is 3.63. The van der Waals surface area contributed by atoms with Gasteiger partial charge in [0.25, 0.3) is 0 Å². The molecule has 0 saturated carbocycles. The van der Waals surface area contributed by atoms with Crippen molar-refractivity contribution in [1.29, 1.82) is 0 Å². The van der Waals surface area contributed by atoms with Gasteiger partial charge in [-0.1, -0.05) is 6.07 Å². The zero-order valence-electron chi connectivity index (χ0n) is 11.2. The first-order valence-corrected chi connectivity index (χ1v) is 7.32. The number of halogens is 1. The van der Waals surface area contributed by atoms with Crippen LogP contribution in [0.25, 0.3) is 0 Å². The Kier molecular flexibility index (Phi) is 4.02. The number of anilines is 2. The number of hydrogen-bond donors (Lipinski definition) is 0. The lowest BCUT2D eigenvalue weighted by Crippen LogP contribution is -2.47. The van der Waals surface area contributed by atoms with Crippen LogP contribution in [0, 0.1) is 0 Å². The zero-order valence-corrected chi connectivity index (χ0v) is 12.0. The molecule has 0 N–H and O–H groups in total. The molecule has 2 aromatic heterocycles. The highest BCUT2D eigenvalue weighted by Crippen LogP contribution is 2.23. The molecule has 20 heavy (non-hydrogen) atoms. The van der Waals surface area contributed by atoms with Crippen LogP contribution in [0.5, 0.6) is 0 Å². The molecule has 1 aliphatic heterocycles. The Bertz CT molecular complexity index is 553. The molecule has 2 aromatic rings. The minimum Gasteiger partial charge on any atom is -0.366 e. The number of piperazine rings is 1. The standard InChI is InChI=1S/C15H17ClN4/c16-11-13-4-6-17-12-14(13)19-7-9-20(10-8-19)15-3-1-2-5-18-15/h1-6,12H,7-11H2. The van der Waals surface area contributed by atoms with E-state index >= 15 is 0 Å². The minimum atomic E-state index is 0.526. The second kappa shape index (κ2) is 6.09. The van der Waals surface area contributed by atoms with Crippen LogP contribution in [0.3, 0.4) is 0 Å². The summed E-state index contributed by atoms with van der Waals surface area (Å²) < 4.78 is 0. The Labute approximate surface area is 124 Å². The number of pyridine rings is 2. The van der Waals surface area contributed by atoms with Gasteiger partial charge in [-0.3, -0.25) is 4.98 Å². The Morgan fingerprint density at radius 1 is 1.00 bits per heavy atom. The smallest absolute Gasteiger partial charge is 0.128 e. The number of alkyl halides is 1. The first-order valence-electron chi connectivity index (χ1n) is 6.78. The summed E-state index contributed by atoms with van der Waals surface area (Å²) in [5.41, 5.74) is 2.30. The van der Waals surface area contributed by atoms with Gasteiger partial charge in [0.05, 0.1) is 11.9 Å². The van der Waals surface area contributed by atoms with Gasteiger partial charge in [0.2, 0.25) is 0 Å².